The quantitative estimate of drug-likeness (QED) is 0.559. The standard InChI is InChI=1S/C17H22N2O4/c1-12(15(21)18-10-6-2-3-7-11-20)19-16(22)13-8-4-5-9-14(13)17(19)23/h4-5,8-9,12,20H,2-3,6-7,10-11H2,1H3,(H,18,21). The zero-order chi connectivity index (χ0) is 16.8. The predicted octanol–water partition coefficient (Wildman–Crippen LogP) is 1.34. The van der Waals surface area contributed by atoms with Gasteiger partial charge in [0.1, 0.15) is 6.04 Å². The molecule has 0 aliphatic carbocycles. The van der Waals surface area contributed by atoms with Gasteiger partial charge >= 0.3 is 0 Å². The molecule has 124 valence electrons. The van der Waals surface area contributed by atoms with Crippen LogP contribution in [0.15, 0.2) is 24.3 Å². The number of unbranched alkanes of at least 4 members (excludes halogenated alkanes) is 3. The van der Waals surface area contributed by atoms with E-state index in [-0.39, 0.29) is 12.5 Å². The van der Waals surface area contributed by atoms with Gasteiger partial charge in [-0.25, -0.2) is 0 Å². The van der Waals surface area contributed by atoms with Crippen molar-refractivity contribution < 1.29 is 19.5 Å². The molecule has 0 aromatic heterocycles. The zero-order valence-electron chi connectivity index (χ0n) is 13.2. The lowest BCUT2D eigenvalue weighted by atomic mass is 10.1. The number of aliphatic hydroxyl groups excluding tert-OH is 1. The van der Waals surface area contributed by atoms with Crippen molar-refractivity contribution in [2.75, 3.05) is 13.2 Å². The molecule has 1 aliphatic rings. The van der Waals surface area contributed by atoms with E-state index >= 15 is 0 Å². The molecule has 1 aromatic rings. The highest BCUT2D eigenvalue weighted by atomic mass is 16.3. The third-order valence-corrected chi connectivity index (χ3v) is 3.98. The van der Waals surface area contributed by atoms with Crippen LogP contribution in [0.4, 0.5) is 0 Å². The summed E-state index contributed by atoms with van der Waals surface area (Å²) in [4.78, 5) is 37.8. The van der Waals surface area contributed by atoms with Crippen LogP contribution in [0, 0.1) is 0 Å². The first-order chi connectivity index (χ1) is 11.1. The minimum atomic E-state index is -0.833. The van der Waals surface area contributed by atoms with Crippen molar-refractivity contribution in [1.29, 1.82) is 0 Å². The van der Waals surface area contributed by atoms with Gasteiger partial charge in [-0.3, -0.25) is 19.3 Å². The molecule has 1 heterocycles. The summed E-state index contributed by atoms with van der Waals surface area (Å²) in [6, 6.07) is 5.76. The molecule has 1 aromatic carbocycles. The molecule has 0 bridgehead atoms. The Bertz CT molecular complexity index is 565. The van der Waals surface area contributed by atoms with Gasteiger partial charge in [-0.2, -0.15) is 0 Å². The van der Waals surface area contributed by atoms with Crippen LogP contribution in [0.25, 0.3) is 0 Å². The van der Waals surface area contributed by atoms with Gasteiger partial charge in [-0.15, -0.1) is 0 Å². The molecule has 6 heteroatoms. The fourth-order valence-corrected chi connectivity index (χ4v) is 2.63. The highest BCUT2D eigenvalue weighted by Gasteiger charge is 2.40. The molecule has 2 N–H and O–H groups in total. The van der Waals surface area contributed by atoms with Gasteiger partial charge in [0.05, 0.1) is 11.1 Å². The Hall–Kier alpha value is -2.21. The van der Waals surface area contributed by atoms with E-state index in [0.717, 1.165) is 30.6 Å². The Morgan fingerprint density at radius 3 is 2.22 bits per heavy atom. The van der Waals surface area contributed by atoms with Crippen LogP contribution in [0.5, 0.6) is 0 Å². The minimum Gasteiger partial charge on any atom is -0.396 e. The molecule has 0 radical (unpaired) electrons. The summed E-state index contributed by atoms with van der Waals surface area (Å²) in [6.45, 7) is 2.24. The average Bonchev–Trinajstić information content (AvgIpc) is 2.81. The molecule has 23 heavy (non-hydrogen) atoms. The van der Waals surface area contributed by atoms with Crippen LogP contribution in [-0.4, -0.2) is 46.9 Å². The molecule has 1 atom stereocenters. The van der Waals surface area contributed by atoms with E-state index < -0.39 is 17.9 Å². The lowest BCUT2D eigenvalue weighted by Crippen LogP contribution is -2.48. The molecule has 0 spiro atoms. The Labute approximate surface area is 135 Å². The Morgan fingerprint density at radius 1 is 1.09 bits per heavy atom. The number of carbonyl (C=O) groups excluding carboxylic acids is 3. The average molecular weight is 318 g/mol. The van der Waals surface area contributed by atoms with Crippen LogP contribution in [0.3, 0.4) is 0 Å². The topological polar surface area (TPSA) is 86.7 Å². The van der Waals surface area contributed by atoms with Gasteiger partial charge < -0.3 is 10.4 Å². The first kappa shape index (κ1) is 17.1. The number of nitrogens with zero attached hydrogens (tertiary/aromatic N) is 1. The maximum atomic E-state index is 12.3. The van der Waals surface area contributed by atoms with E-state index in [1.165, 1.54) is 0 Å². The van der Waals surface area contributed by atoms with Crippen LogP contribution >= 0.6 is 0 Å². The fraction of sp³-hybridized carbons (Fsp3) is 0.471. The van der Waals surface area contributed by atoms with Crippen molar-refractivity contribution in [3.05, 3.63) is 35.4 Å². The number of hydrogen-bond acceptors (Lipinski definition) is 4. The fourth-order valence-electron chi connectivity index (χ4n) is 2.63. The molecule has 1 aliphatic heterocycles. The van der Waals surface area contributed by atoms with E-state index in [2.05, 4.69) is 5.32 Å². The molecular formula is C17H22N2O4. The molecule has 0 saturated carbocycles. The lowest BCUT2D eigenvalue weighted by Gasteiger charge is -2.21. The summed E-state index contributed by atoms with van der Waals surface area (Å²) in [5.41, 5.74) is 0.697. The second-order valence-corrected chi connectivity index (χ2v) is 5.63. The Balaban J connectivity index is 1.88. The van der Waals surface area contributed by atoms with Gasteiger partial charge in [0.15, 0.2) is 0 Å². The van der Waals surface area contributed by atoms with E-state index in [4.69, 9.17) is 5.11 Å². The van der Waals surface area contributed by atoms with Gasteiger partial charge in [-0.1, -0.05) is 25.0 Å². The van der Waals surface area contributed by atoms with Crippen LogP contribution in [-0.2, 0) is 4.79 Å². The monoisotopic (exact) mass is 318 g/mol. The normalized spacial score (nSPS) is 14.8. The number of carbonyl (C=O) groups is 3. The first-order valence-corrected chi connectivity index (χ1v) is 7.93. The second kappa shape index (κ2) is 7.87. The summed E-state index contributed by atoms with van der Waals surface area (Å²) in [6.07, 6.45) is 3.41. The van der Waals surface area contributed by atoms with Crippen molar-refractivity contribution >= 4 is 17.7 Å². The van der Waals surface area contributed by atoms with Crippen molar-refractivity contribution in [3.8, 4) is 0 Å². The number of fused-ring (bicyclic) bond motifs is 1. The van der Waals surface area contributed by atoms with E-state index in [1.807, 2.05) is 0 Å². The largest absolute Gasteiger partial charge is 0.396 e. The number of benzene rings is 1. The number of imide groups is 1. The number of nitrogens with one attached hydrogen (secondary N) is 1. The highest BCUT2D eigenvalue weighted by Crippen LogP contribution is 2.24. The van der Waals surface area contributed by atoms with Crippen molar-refractivity contribution in [1.82, 2.24) is 10.2 Å². The molecule has 0 saturated heterocycles. The molecular weight excluding hydrogens is 296 g/mol. The highest BCUT2D eigenvalue weighted by molar-refractivity contribution is 6.22. The first-order valence-electron chi connectivity index (χ1n) is 7.93. The van der Waals surface area contributed by atoms with Gasteiger partial charge in [0, 0.05) is 13.2 Å². The second-order valence-electron chi connectivity index (χ2n) is 5.63. The summed E-state index contributed by atoms with van der Waals surface area (Å²) in [5, 5.41) is 11.4. The molecule has 2 rings (SSSR count). The molecule has 0 fully saturated rings. The van der Waals surface area contributed by atoms with E-state index in [1.54, 1.807) is 31.2 Å². The third-order valence-electron chi connectivity index (χ3n) is 3.98. The maximum absolute atomic E-state index is 12.3. The van der Waals surface area contributed by atoms with Crippen LogP contribution in [0.1, 0.15) is 53.3 Å². The molecule has 3 amide bonds. The maximum Gasteiger partial charge on any atom is 0.262 e. The van der Waals surface area contributed by atoms with Gasteiger partial charge in [-0.05, 0) is 31.9 Å². The summed E-state index contributed by atoms with van der Waals surface area (Å²) in [7, 11) is 0. The van der Waals surface area contributed by atoms with Gasteiger partial charge in [0.25, 0.3) is 11.8 Å². The molecule has 6 nitrogen and oxygen atoms in total. The summed E-state index contributed by atoms with van der Waals surface area (Å²) in [5.74, 6) is -1.17. The number of amides is 3. The summed E-state index contributed by atoms with van der Waals surface area (Å²) >= 11 is 0. The van der Waals surface area contributed by atoms with E-state index in [9.17, 15) is 14.4 Å². The predicted molar refractivity (Wildman–Crippen MR) is 85.0 cm³/mol. The SMILES string of the molecule is CC(C(=O)NCCCCCCO)N1C(=O)c2ccccc2C1=O. The van der Waals surface area contributed by atoms with Crippen molar-refractivity contribution in [2.24, 2.45) is 0 Å². The van der Waals surface area contributed by atoms with Gasteiger partial charge in [0.2, 0.25) is 5.91 Å². The van der Waals surface area contributed by atoms with Crippen LogP contribution in [0.2, 0.25) is 0 Å². The number of aliphatic hydroxyl groups is 1. The molecule has 1 unspecified atom stereocenters. The Kier molecular flexibility index (Phi) is 5.87. The number of hydrogen-bond donors (Lipinski definition) is 2. The Morgan fingerprint density at radius 2 is 1.65 bits per heavy atom. The van der Waals surface area contributed by atoms with Crippen LogP contribution < -0.4 is 5.32 Å². The summed E-state index contributed by atoms with van der Waals surface area (Å²) < 4.78 is 0. The van der Waals surface area contributed by atoms with Crippen molar-refractivity contribution in [3.63, 3.8) is 0 Å². The van der Waals surface area contributed by atoms with Crippen molar-refractivity contribution in [2.45, 2.75) is 38.6 Å². The lowest BCUT2D eigenvalue weighted by molar-refractivity contribution is -0.124. The number of rotatable bonds is 8. The third kappa shape index (κ3) is 3.76. The smallest absolute Gasteiger partial charge is 0.262 e. The zero-order valence-corrected chi connectivity index (χ0v) is 13.2. The van der Waals surface area contributed by atoms with E-state index in [0.29, 0.717) is 17.7 Å². The minimum absolute atomic E-state index is 0.184.